The molecule has 1 atom stereocenters. The van der Waals surface area contributed by atoms with Crippen LogP contribution < -0.4 is 9.47 Å². The quantitative estimate of drug-likeness (QED) is 0.702. The molecule has 0 saturated carbocycles. The van der Waals surface area contributed by atoms with E-state index in [0.717, 1.165) is 17.3 Å². The zero-order chi connectivity index (χ0) is 15.7. The SMILES string of the molecule is CCOc1ccccc1OCCN(C)C(=O)[C@H](C)SCC. The van der Waals surface area contributed by atoms with Crippen LogP contribution in [-0.2, 0) is 4.79 Å². The van der Waals surface area contributed by atoms with E-state index in [-0.39, 0.29) is 11.2 Å². The van der Waals surface area contributed by atoms with Crippen LogP contribution >= 0.6 is 11.8 Å². The molecule has 0 spiro atoms. The summed E-state index contributed by atoms with van der Waals surface area (Å²) in [5, 5.41) is -0.00397. The Hall–Kier alpha value is -1.36. The second-order valence-corrected chi connectivity index (χ2v) is 6.20. The maximum Gasteiger partial charge on any atom is 0.235 e. The van der Waals surface area contributed by atoms with Gasteiger partial charge in [0, 0.05) is 7.05 Å². The summed E-state index contributed by atoms with van der Waals surface area (Å²) < 4.78 is 11.2. The van der Waals surface area contributed by atoms with Crippen LogP contribution in [0.2, 0.25) is 0 Å². The number of carbonyl (C=O) groups excluding carboxylic acids is 1. The van der Waals surface area contributed by atoms with Crippen molar-refractivity contribution in [2.75, 3.05) is 32.6 Å². The van der Waals surface area contributed by atoms with E-state index >= 15 is 0 Å². The van der Waals surface area contributed by atoms with Gasteiger partial charge in [-0.25, -0.2) is 0 Å². The van der Waals surface area contributed by atoms with E-state index in [1.54, 1.807) is 16.7 Å². The summed E-state index contributed by atoms with van der Waals surface area (Å²) >= 11 is 1.65. The molecule has 0 radical (unpaired) electrons. The van der Waals surface area contributed by atoms with E-state index in [2.05, 4.69) is 6.92 Å². The third kappa shape index (κ3) is 5.87. The van der Waals surface area contributed by atoms with E-state index in [4.69, 9.17) is 9.47 Å². The molecule has 0 aliphatic heterocycles. The Kier molecular flexibility index (Phi) is 8.05. The lowest BCUT2D eigenvalue weighted by molar-refractivity contribution is -0.129. The molecule has 0 aromatic heterocycles. The molecule has 4 nitrogen and oxygen atoms in total. The summed E-state index contributed by atoms with van der Waals surface area (Å²) in [7, 11) is 1.81. The fourth-order valence-electron chi connectivity index (χ4n) is 1.88. The van der Waals surface area contributed by atoms with Crippen molar-refractivity contribution in [1.29, 1.82) is 0 Å². The molecule has 0 aliphatic carbocycles. The van der Waals surface area contributed by atoms with Gasteiger partial charge in [0.15, 0.2) is 11.5 Å². The van der Waals surface area contributed by atoms with Crippen molar-refractivity contribution in [1.82, 2.24) is 4.90 Å². The summed E-state index contributed by atoms with van der Waals surface area (Å²) in [6, 6.07) is 7.58. The molecule has 0 saturated heterocycles. The highest BCUT2D eigenvalue weighted by Crippen LogP contribution is 2.26. The zero-order valence-corrected chi connectivity index (χ0v) is 14.1. The van der Waals surface area contributed by atoms with Gasteiger partial charge in [0.2, 0.25) is 5.91 Å². The van der Waals surface area contributed by atoms with Gasteiger partial charge in [0.05, 0.1) is 18.4 Å². The minimum absolute atomic E-state index is 0.00397. The van der Waals surface area contributed by atoms with Crippen LogP contribution in [0.3, 0.4) is 0 Å². The highest BCUT2D eigenvalue weighted by molar-refractivity contribution is 8.00. The summed E-state index contributed by atoms with van der Waals surface area (Å²) in [6.45, 7) is 7.56. The second kappa shape index (κ2) is 9.55. The lowest BCUT2D eigenvalue weighted by Crippen LogP contribution is -2.36. The number of para-hydroxylation sites is 2. The second-order valence-electron chi connectivity index (χ2n) is 4.59. The Morgan fingerprint density at radius 3 is 2.43 bits per heavy atom. The topological polar surface area (TPSA) is 38.8 Å². The molecule has 0 unspecified atom stereocenters. The number of nitrogens with zero attached hydrogens (tertiary/aromatic N) is 1. The van der Waals surface area contributed by atoms with Gasteiger partial charge in [0.1, 0.15) is 6.61 Å². The third-order valence-corrected chi connectivity index (χ3v) is 4.01. The van der Waals surface area contributed by atoms with Crippen molar-refractivity contribution in [3.63, 3.8) is 0 Å². The monoisotopic (exact) mass is 311 g/mol. The first-order chi connectivity index (χ1) is 10.1. The smallest absolute Gasteiger partial charge is 0.235 e. The van der Waals surface area contributed by atoms with Gasteiger partial charge in [-0.2, -0.15) is 0 Å². The normalized spacial score (nSPS) is 11.8. The maximum atomic E-state index is 12.1. The van der Waals surface area contributed by atoms with Gasteiger partial charge < -0.3 is 14.4 Å². The first kappa shape index (κ1) is 17.7. The van der Waals surface area contributed by atoms with Gasteiger partial charge in [-0.15, -0.1) is 11.8 Å². The molecule has 1 aromatic carbocycles. The average Bonchev–Trinajstić information content (AvgIpc) is 2.48. The summed E-state index contributed by atoms with van der Waals surface area (Å²) in [6.07, 6.45) is 0. The van der Waals surface area contributed by atoms with Gasteiger partial charge in [-0.3, -0.25) is 4.79 Å². The lowest BCUT2D eigenvalue weighted by atomic mass is 10.3. The first-order valence-electron chi connectivity index (χ1n) is 7.31. The lowest BCUT2D eigenvalue weighted by Gasteiger charge is -2.21. The van der Waals surface area contributed by atoms with Crippen LogP contribution in [0.1, 0.15) is 20.8 Å². The number of rotatable bonds is 9. The van der Waals surface area contributed by atoms with Crippen molar-refractivity contribution in [2.45, 2.75) is 26.0 Å². The number of likely N-dealkylation sites (N-methyl/N-ethyl adjacent to an activating group) is 1. The number of carbonyl (C=O) groups is 1. The Labute approximate surface area is 131 Å². The average molecular weight is 311 g/mol. The van der Waals surface area contributed by atoms with E-state index < -0.39 is 0 Å². The Morgan fingerprint density at radius 1 is 1.24 bits per heavy atom. The largest absolute Gasteiger partial charge is 0.490 e. The fraction of sp³-hybridized carbons (Fsp3) is 0.562. The van der Waals surface area contributed by atoms with Gasteiger partial charge in [-0.05, 0) is 31.7 Å². The molecule has 1 rings (SSSR count). The van der Waals surface area contributed by atoms with E-state index in [1.807, 2.05) is 45.2 Å². The van der Waals surface area contributed by atoms with Gasteiger partial charge in [0.25, 0.3) is 0 Å². The Balaban J connectivity index is 2.44. The summed E-state index contributed by atoms with van der Waals surface area (Å²) in [5.41, 5.74) is 0. The number of hydrogen-bond acceptors (Lipinski definition) is 4. The van der Waals surface area contributed by atoms with Crippen LogP contribution in [0.4, 0.5) is 0 Å². The fourth-order valence-corrected chi connectivity index (χ4v) is 2.70. The molecular weight excluding hydrogens is 286 g/mol. The number of amides is 1. The highest BCUT2D eigenvalue weighted by atomic mass is 32.2. The van der Waals surface area contributed by atoms with Crippen molar-refractivity contribution >= 4 is 17.7 Å². The van der Waals surface area contributed by atoms with Crippen molar-refractivity contribution in [3.8, 4) is 11.5 Å². The molecule has 1 aromatic rings. The molecule has 0 N–H and O–H groups in total. The standard InChI is InChI=1S/C16H25NO3S/c1-5-19-14-9-7-8-10-15(14)20-12-11-17(4)16(18)13(3)21-6-2/h7-10,13H,5-6,11-12H2,1-4H3/t13-/m0/s1. The third-order valence-electron chi connectivity index (χ3n) is 2.97. The molecule has 1 amide bonds. The van der Waals surface area contributed by atoms with E-state index in [0.29, 0.717) is 19.8 Å². The molecule has 5 heteroatoms. The number of benzene rings is 1. The molecular formula is C16H25NO3S. The Morgan fingerprint density at radius 2 is 1.86 bits per heavy atom. The van der Waals surface area contributed by atoms with Crippen LogP contribution in [0.15, 0.2) is 24.3 Å². The molecule has 21 heavy (non-hydrogen) atoms. The first-order valence-corrected chi connectivity index (χ1v) is 8.36. The van der Waals surface area contributed by atoms with Crippen LogP contribution in [0.25, 0.3) is 0 Å². The Bertz CT molecular complexity index is 439. The van der Waals surface area contributed by atoms with E-state index in [9.17, 15) is 4.79 Å². The predicted octanol–water partition coefficient (Wildman–Crippen LogP) is 3.06. The minimum atomic E-state index is -0.00397. The maximum absolute atomic E-state index is 12.1. The van der Waals surface area contributed by atoms with Crippen LogP contribution in [0.5, 0.6) is 11.5 Å². The van der Waals surface area contributed by atoms with Crippen molar-refractivity contribution in [3.05, 3.63) is 24.3 Å². The molecule has 0 bridgehead atoms. The molecule has 0 aliphatic rings. The highest BCUT2D eigenvalue weighted by Gasteiger charge is 2.17. The summed E-state index contributed by atoms with van der Waals surface area (Å²) in [4.78, 5) is 13.8. The summed E-state index contributed by atoms with van der Waals surface area (Å²) in [5.74, 6) is 2.54. The van der Waals surface area contributed by atoms with Gasteiger partial charge in [-0.1, -0.05) is 19.1 Å². The van der Waals surface area contributed by atoms with E-state index in [1.165, 1.54) is 0 Å². The number of hydrogen-bond donors (Lipinski definition) is 0. The van der Waals surface area contributed by atoms with Gasteiger partial charge >= 0.3 is 0 Å². The predicted molar refractivity (Wildman–Crippen MR) is 88.3 cm³/mol. The van der Waals surface area contributed by atoms with Crippen molar-refractivity contribution in [2.24, 2.45) is 0 Å². The zero-order valence-electron chi connectivity index (χ0n) is 13.3. The minimum Gasteiger partial charge on any atom is -0.490 e. The molecule has 0 heterocycles. The van der Waals surface area contributed by atoms with Crippen LogP contribution in [-0.4, -0.2) is 48.6 Å². The molecule has 0 fully saturated rings. The number of ether oxygens (including phenoxy) is 2. The van der Waals surface area contributed by atoms with Crippen LogP contribution in [0, 0.1) is 0 Å². The number of thioether (sulfide) groups is 1. The van der Waals surface area contributed by atoms with Crippen molar-refractivity contribution < 1.29 is 14.3 Å². The molecule has 118 valence electrons.